The number of halogens is 1. The van der Waals surface area contributed by atoms with Gasteiger partial charge in [0, 0.05) is 11.6 Å². The van der Waals surface area contributed by atoms with Crippen LogP contribution in [-0.2, 0) is 4.79 Å². The molecule has 0 bridgehead atoms. The van der Waals surface area contributed by atoms with Crippen molar-refractivity contribution in [3.63, 3.8) is 0 Å². The number of carbonyl (C=O) groups excluding carboxylic acids is 1. The fourth-order valence-electron chi connectivity index (χ4n) is 2.65. The molecule has 1 aliphatic carbocycles. The molecular weight excluding hydrogens is 255 g/mol. The Morgan fingerprint density at radius 2 is 1.85 bits per heavy atom. The van der Waals surface area contributed by atoms with Crippen LogP contribution in [0.2, 0.25) is 0 Å². The first-order valence-corrected chi connectivity index (χ1v) is 7.21. The monoisotopic (exact) mass is 274 g/mol. The molecule has 0 aromatic heterocycles. The molecule has 1 aromatic carbocycles. The van der Waals surface area contributed by atoms with Crippen LogP contribution >= 0.6 is 0 Å². The number of anilines is 1. The summed E-state index contributed by atoms with van der Waals surface area (Å²) in [6.07, 6.45) is 7.65. The summed E-state index contributed by atoms with van der Waals surface area (Å²) in [6.45, 7) is 0. The molecule has 0 aliphatic heterocycles. The molecule has 0 unspecified atom stereocenters. The number of hydrogen-bond donors (Lipinski definition) is 1. The fraction of sp³-hybridized carbons (Fsp3) is 0.500. The number of hydrogen-bond acceptors (Lipinski definition) is 2. The van der Waals surface area contributed by atoms with E-state index in [1.807, 2.05) is 0 Å². The van der Waals surface area contributed by atoms with E-state index in [4.69, 9.17) is 5.26 Å². The van der Waals surface area contributed by atoms with Crippen molar-refractivity contribution in [2.24, 2.45) is 5.92 Å². The number of carbonyl (C=O) groups is 1. The van der Waals surface area contributed by atoms with Gasteiger partial charge in [0.05, 0.1) is 5.56 Å². The van der Waals surface area contributed by atoms with Crippen LogP contribution in [0, 0.1) is 23.1 Å². The third-order valence-electron chi connectivity index (χ3n) is 3.83. The predicted molar refractivity (Wildman–Crippen MR) is 75.6 cm³/mol. The molecule has 106 valence electrons. The molecule has 1 amide bonds. The van der Waals surface area contributed by atoms with Crippen LogP contribution in [0.5, 0.6) is 0 Å². The highest BCUT2D eigenvalue weighted by atomic mass is 19.1. The SMILES string of the molecule is N#Cc1cc(NC(=O)C2CCCCCCC2)ccc1F. The van der Waals surface area contributed by atoms with Crippen molar-refractivity contribution in [3.05, 3.63) is 29.6 Å². The molecule has 1 N–H and O–H groups in total. The van der Waals surface area contributed by atoms with E-state index < -0.39 is 5.82 Å². The maximum absolute atomic E-state index is 13.2. The van der Waals surface area contributed by atoms with Crippen LogP contribution < -0.4 is 5.32 Å². The van der Waals surface area contributed by atoms with Gasteiger partial charge < -0.3 is 5.32 Å². The van der Waals surface area contributed by atoms with E-state index in [9.17, 15) is 9.18 Å². The number of nitrogens with zero attached hydrogens (tertiary/aromatic N) is 1. The average Bonchev–Trinajstić information content (AvgIpc) is 2.40. The second kappa shape index (κ2) is 7.04. The smallest absolute Gasteiger partial charge is 0.227 e. The van der Waals surface area contributed by atoms with E-state index in [-0.39, 0.29) is 17.4 Å². The highest BCUT2D eigenvalue weighted by molar-refractivity contribution is 5.92. The zero-order valence-electron chi connectivity index (χ0n) is 11.5. The molecule has 1 fully saturated rings. The molecular formula is C16H19FN2O. The molecule has 2 rings (SSSR count). The number of benzene rings is 1. The lowest BCUT2D eigenvalue weighted by atomic mass is 9.90. The molecule has 0 radical (unpaired) electrons. The minimum absolute atomic E-state index is 0.0117. The van der Waals surface area contributed by atoms with Crippen molar-refractivity contribution >= 4 is 11.6 Å². The Kier molecular flexibility index (Phi) is 5.11. The zero-order valence-corrected chi connectivity index (χ0v) is 11.5. The van der Waals surface area contributed by atoms with E-state index in [2.05, 4.69) is 5.32 Å². The Morgan fingerprint density at radius 3 is 2.50 bits per heavy atom. The topological polar surface area (TPSA) is 52.9 Å². The van der Waals surface area contributed by atoms with Crippen molar-refractivity contribution in [2.75, 3.05) is 5.32 Å². The Hall–Kier alpha value is -1.89. The van der Waals surface area contributed by atoms with Gasteiger partial charge in [-0.2, -0.15) is 5.26 Å². The molecule has 1 aromatic rings. The van der Waals surface area contributed by atoms with Gasteiger partial charge in [0.25, 0.3) is 0 Å². The van der Waals surface area contributed by atoms with Crippen LogP contribution in [0.1, 0.15) is 50.5 Å². The van der Waals surface area contributed by atoms with Gasteiger partial charge in [-0.05, 0) is 31.0 Å². The largest absolute Gasteiger partial charge is 0.326 e. The zero-order chi connectivity index (χ0) is 14.4. The van der Waals surface area contributed by atoms with Crippen molar-refractivity contribution < 1.29 is 9.18 Å². The summed E-state index contributed by atoms with van der Waals surface area (Å²) in [5.41, 5.74) is 0.454. The summed E-state index contributed by atoms with van der Waals surface area (Å²) in [7, 11) is 0. The van der Waals surface area contributed by atoms with Crippen LogP contribution in [0.25, 0.3) is 0 Å². The maximum Gasteiger partial charge on any atom is 0.227 e. The molecule has 1 aliphatic rings. The summed E-state index contributed by atoms with van der Waals surface area (Å²) >= 11 is 0. The molecule has 3 nitrogen and oxygen atoms in total. The van der Waals surface area contributed by atoms with Gasteiger partial charge >= 0.3 is 0 Å². The van der Waals surface area contributed by atoms with Crippen LogP contribution in [0.4, 0.5) is 10.1 Å². The van der Waals surface area contributed by atoms with Gasteiger partial charge in [-0.1, -0.05) is 32.1 Å². The highest BCUT2D eigenvalue weighted by Gasteiger charge is 2.19. The van der Waals surface area contributed by atoms with Gasteiger partial charge in [0.2, 0.25) is 5.91 Å². The van der Waals surface area contributed by atoms with Crippen molar-refractivity contribution in [1.29, 1.82) is 5.26 Å². The first kappa shape index (κ1) is 14.5. The van der Waals surface area contributed by atoms with Crippen molar-refractivity contribution in [3.8, 4) is 6.07 Å². The molecule has 0 spiro atoms. The van der Waals surface area contributed by atoms with Gasteiger partial charge in [0.1, 0.15) is 11.9 Å². The van der Waals surface area contributed by atoms with Gasteiger partial charge in [0.15, 0.2) is 0 Å². The molecule has 20 heavy (non-hydrogen) atoms. The lowest BCUT2D eigenvalue weighted by molar-refractivity contribution is -0.120. The Balaban J connectivity index is 2.01. The second-order valence-corrected chi connectivity index (χ2v) is 5.34. The van der Waals surface area contributed by atoms with E-state index in [1.165, 1.54) is 37.5 Å². The molecule has 0 heterocycles. The third kappa shape index (κ3) is 3.80. The summed E-state index contributed by atoms with van der Waals surface area (Å²) in [6, 6.07) is 5.88. The van der Waals surface area contributed by atoms with Crippen molar-refractivity contribution in [1.82, 2.24) is 0 Å². The minimum Gasteiger partial charge on any atom is -0.326 e. The molecule has 1 saturated carbocycles. The molecule has 4 heteroatoms. The first-order chi connectivity index (χ1) is 9.70. The number of amides is 1. The van der Waals surface area contributed by atoms with Crippen molar-refractivity contribution in [2.45, 2.75) is 44.9 Å². The lowest BCUT2D eigenvalue weighted by Crippen LogP contribution is -2.23. The standard InChI is InChI=1S/C16H19FN2O/c17-15-9-8-14(10-13(15)11-18)19-16(20)12-6-4-2-1-3-5-7-12/h8-10,12H,1-7H2,(H,19,20). The quantitative estimate of drug-likeness (QED) is 0.886. The van der Waals surface area contributed by atoms with Crippen LogP contribution in [0.15, 0.2) is 18.2 Å². The summed E-state index contributed by atoms with van der Waals surface area (Å²) in [4.78, 5) is 12.2. The van der Waals surface area contributed by atoms with Gasteiger partial charge in [-0.25, -0.2) is 4.39 Å². The second-order valence-electron chi connectivity index (χ2n) is 5.34. The summed E-state index contributed by atoms with van der Waals surface area (Å²) in [5, 5.41) is 11.6. The number of rotatable bonds is 2. The predicted octanol–water partition coefficient (Wildman–Crippen LogP) is 4.00. The lowest BCUT2D eigenvalue weighted by Gasteiger charge is -2.19. The molecule has 0 saturated heterocycles. The number of nitrogens with one attached hydrogen (secondary N) is 1. The third-order valence-corrected chi connectivity index (χ3v) is 3.83. The minimum atomic E-state index is -0.559. The fourth-order valence-corrected chi connectivity index (χ4v) is 2.65. The van der Waals surface area contributed by atoms with E-state index >= 15 is 0 Å². The van der Waals surface area contributed by atoms with E-state index in [1.54, 1.807) is 6.07 Å². The first-order valence-electron chi connectivity index (χ1n) is 7.21. The highest BCUT2D eigenvalue weighted by Crippen LogP contribution is 2.24. The Labute approximate surface area is 118 Å². The Morgan fingerprint density at radius 1 is 1.20 bits per heavy atom. The average molecular weight is 274 g/mol. The van der Waals surface area contributed by atoms with Gasteiger partial charge in [-0.3, -0.25) is 4.79 Å². The normalized spacial score (nSPS) is 16.8. The maximum atomic E-state index is 13.2. The van der Waals surface area contributed by atoms with Crippen LogP contribution in [0.3, 0.4) is 0 Å². The molecule has 0 atom stereocenters. The van der Waals surface area contributed by atoms with E-state index in [0.717, 1.165) is 25.7 Å². The summed E-state index contributed by atoms with van der Waals surface area (Å²) < 4.78 is 13.2. The number of nitriles is 1. The van der Waals surface area contributed by atoms with Gasteiger partial charge in [-0.15, -0.1) is 0 Å². The Bertz CT molecular complexity index is 514. The van der Waals surface area contributed by atoms with Crippen LogP contribution in [-0.4, -0.2) is 5.91 Å². The summed E-state index contributed by atoms with van der Waals surface area (Å²) in [5.74, 6) is -0.537. The van der Waals surface area contributed by atoms with E-state index in [0.29, 0.717) is 5.69 Å².